The van der Waals surface area contributed by atoms with Gasteiger partial charge in [0, 0.05) is 60.4 Å². The number of nitrogens with one attached hydrogen (secondary N) is 2. The Hall–Kier alpha value is -4.02. The van der Waals surface area contributed by atoms with Gasteiger partial charge in [0.05, 0.1) is 19.4 Å². The van der Waals surface area contributed by atoms with E-state index >= 15 is 0 Å². The molecule has 1 spiro atoms. The van der Waals surface area contributed by atoms with Crippen LogP contribution in [0.1, 0.15) is 24.8 Å². The second-order valence-corrected chi connectivity index (χ2v) is 11.2. The van der Waals surface area contributed by atoms with Crippen molar-refractivity contribution in [3.8, 4) is 0 Å². The zero-order valence-electron chi connectivity index (χ0n) is 23.6. The highest BCUT2D eigenvalue weighted by Crippen LogP contribution is 2.53. The number of morpholine rings is 1. The normalized spacial score (nSPS) is 17.7. The van der Waals surface area contributed by atoms with Crippen molar-refractivity contribution in [1.82, 2.24) is 14.9 Å². The lowest BCUT2D eigenvalue weighted by atomic mass is 9.66. The Balaban J connectivity index is 1.19. The predicted octanol–water partition coefficient (Wildman–Crippen LogP) is 4.83. The molecule has 0 unspecified atom stereocenters. The van der Waals surface area contributed by atoms with Gasteiger partial charge in [0.2, 0.25) is 5.95 Å². The van der Waals surface area contributed by atoms with Crippen LogP contribution in [-0.4, -0.2) is 74.3 Å². The Kier molecular flexibility index (Phi) is 7.59. The predicted molar refractivity (Wildman–Crippen MR) is 160 cm³/mol. The van der Waals surface area contributed by atoms with Crippen LogP contribution in [0.3, 0.4) is 0 Å². The minimum Gasteiger partial charge on any atom is -0.378 e. The number of carbonyl (C=O) groups is 1. The molecule has 9 nitrogen and oxygen atoms in total. The number of fused-ring (bicyclic) bond motifs is 2. The summed E-state index contributed by atoms with van der Waals surface area (Å²) in [5.74, 6) is -0.250. The first kappa shape index (κ1) is 27.2. The van der Waals surface area contributed by atoms with Crippen molar-refractivity contribution in [1.29, 1.82) is 0 Å². The molecule has 0 atom stereocenters. The lowest BCUT2D eigenvalue weighted by Crippen LogP contribution is -2.41. The van der Waals surface area contributed by atoms with Gasteiger partial charge in [-0.05, 0) is 68.9 Å². The van der Waals surface area contributed by atoms with E-state index in [1.165, 1.54) is 5.56 Å². The Bertz CT molecular complexity index is 1430. The molecule has 41 heavy (non-hydrogen) atoms. The second-order valence-electron chi connectivity index (χ2n) is 11.2. The number of carbonyl (C=O) groups excluding carboxylic acids is 1. The van der Waals surface area contributed by atoms with Crippen molar-refractivity contribution in [2.45, 2.75) is 24.7 Å². The van der Waals surface area contributed by atoms with Gasteiger partial charge in [0.1, 0.15) is 0 Å². The molecule has 1 amide bonds. The first-order valence-corrected chi connectivity index (χ1v) is 14.2. The molecule has 1 saturated heterocycles. The fourth-order valence-corrected chi connectivity index (χ4v) is 5.79. The topological polar surface area (TPSA) is 85.9 Å². The van der Waals surface area contributed by atoms with E-state index in [0.29, 0.717) is 18.8 Å². The smallest absolute Gasteiger partial charge is 0.250 e. The van der Waals surface area contributed by atoms with Gasteiger partial charge >= 0.3 is 0 Å². The monoisotopic (exact) mass is 557 g/mol. The number of anilines is 6. The molecule has 3 heterocycles. The first-order chi connectivity index (χ1) is 19.9. The summed E-state index contributed by atoms with van der Waals surface area (Å²) in [5, 5.41) is 6.28. The average molecular weight is 558 g/mol. The summed E-state index contributed by atoms with van der Waals surface area (Å²) in [6, 6.07) is 13.9. The van der Waals surface area contributed by atoms with E-state index in [4.69, 9.17) is 4.74 Å². The van der Waals surface area contributed by atoms with Crippen molar-refractivity contribution in [2.24, 2.45) is 0 Å². The van der Waals surface area contributed by atoms with Gasteiger partial charge in [-0.15, -0.1) is 0 Å². The largest absolute Gasteiger partial charge is 0.378 e. The van der Waals surface area contributed by atoms with Gasteiger partial charge in [-0.25, -0.2) is 9.37 Å². The minimum atomic E-state index is -0.561. The van der Waals surface area contributed by atoms with E-state index in [1.807, 2.05) is 66.4 Å². The van der Waals surface area contributed by atoms with Gasteiger partial charge in [0.15, 0.2) is 11.6 Å². The number of benzene rings is 2. The highest BCUT2D eigenvalue weighted by molar-refractivity contribution is 6.04. The van der Waals surface area contributed by atoms with Crippen LogP contribution in [0.4, 0.5) is 38.9 Å². The third kappa shape index (κ3) is 5.75. The fraction of sp³-hybridized carbons (Fsp3) is 0.387. The number of rotatable bonds is 8. The van der Waals surface area contributed by atoms with E-state index in [-0.39, 0.29) is 23.1 Å². The average Bonchev–Trinajstić information content (AvgIpc) is 3.31. The van der Waals surface area contributed by atoms with Crippen LogP contribution in [0.2, 0.25) is 0 Å². The summed E-state index contributed by atoms with van der Waals surface area (Å²) in [4.78, 5) is 27.9. The SMILES string of the molecule is CN(C)C/C=C/C(=O)N1CC2(CCC2)c2ccc(Nc3nc(Nc4ccc(N5CCOCC5)cc4)ncc3F)cc21. The van der Waals surface area contributed by atoms with Gasteiger partial charge in [-0.1, -0.05) is 18.6 Å². The van der Waals surface area contributed by atoms with Gasteiger partial charge in [-0.3, -0.25) is 4.79 Å². The van der Waals surface area contributed by atoms with E-state index in [0.717, 1.165) is 68.8 Å². The Labute approximate surface area is 240 Å². The molecule has 214 valence electrons. The third-order valence-corrected chi connectivity index (χ3v) is 8.13. The summed E-state index contributed by atoms with van der Waals surface area (Å²) in [7, 11) is 3.94. The molecule has 1 aliphatic carbocycles. The Morgan fingerprint density at radius 1 is 1.10 bits per heavy atom. The van der Waals surface area contributed by atoms with E-state index in [1.54, 1.807) is 6.08 Å². The molecule has 1 aromatic heterocycles. The maximum absolute atomic E-state index is 14.8. The maximum Gasteiger partial charge on any atom is 0.250 e. The van der Waals surface area contributed by atoms with Crippen LogP contribution in [-0.2, 0) is 14.9 Å². The highest BCUT2D eigenvalue weighted by atomic mass is 19.1. The second kappa shape index (κ2) is 11.5. The Morgan fingerprint density at radius 3 is 2.56 bits per heavy atom. The minimum absolute atomic E-state index is 0.0213. The molecular weight excluding hydrogens is 521 g/mol. The summed E-state index contributed by atoms with van der Waals surface area (Å²) < 4.78 is 20.2. The van der Waals surface area contributed by atoms with Crippen molar-refractivity contribution < 1.29 is 13.9 Å². The molecule has 10 heteroatoms. The van der Waals surface area contributed by atoms with Crippen molar-refractivity contribution >= 4 is 40.4 Å². The molecule has 2 N–H and O–H groups in total. The van der Waals surface area contributed by atoms with Crippen LogP contribution < -0.4 is 20.4 Å². The van der Waals surface area contributed by atoms with Crippen LogP contribution in [0, 0.1) is 5.82 Å². The Morgan fingerprint density at radius 2 is 1.85 bits per heavy atom. The van der Waals surface area contributed by atoms with Gasteiger partial charge < -0.3 is 30.1 Å². The standard InChI is InChI=1S/C31H36FN7O2/c1-37(2)14-3-5-28(40)39-21-31(12-4-13-31)25-11-8-23(19-27(25)39)34-29-26(32)20-33-30(36-29)35-22-6-9-24(10-7-22)38-15-17-41-18-16-38/h3,5-11,19-20H,4,12-18,21H2,1-2H3,(H2,33,34,35,36)/b5-3+. The number of amides is 1. The molecule has 1 saturated carbocycles. The van der Waals surface area contributed by atoms with Crippen molar-refractivity contribution in [2.75, 3.05) is 73.9 Å². The summed E-state index contributed by atoms with van der Waals surface area (Å²) in [6.45, 7) is 4.56. The van der Waals surface area contributed by atoms with E-state index in [9.17, 15) is 9.18 Å². The van der Waals surface area contributed by atoms with E-state index < -0.39 is 5.82 Å². The third-order valence-electron chi connectivity index (χ3n) is 8.13. The number of likely N-dealkylation sites (N-methyl/N-ethyl adjacent to an activating group) is 1. The van der Waals surface area contributed by atoms with Crippen molar-refractivity contribution in [3.05, 3.63) is 72.2 Å². The fourth-order valence-electron chi connectivity index (χ4n) is 5.79. The molecule has 6 rings (SSSR count). The van der Waals surface area contributed by atoms with Crippen LogP contribution >= 0.6 is 0 Å². The molecule has 2 fully saturated rings. The number of ether oxygens (including phenoxy) is 1. The summed E-state index contributed by atoms with van der Waals surface area (Å²) >= 11 is 0. The number of halogens is 1. The molecule has 2 aromatic carbocycles. The lowest BCUT2D eigenvalue weighted by Gasteiger charge is -2.38. The van der Waals surface area contributed by atoms with Crippen LogP contribution in [0.15, 0.2) is 60.8 Å². The quantitative estimate of drug-likeness (QED) is 0.381. The molecular formula is C31H36FN7O2. The zero-order chi connectivity index (χ0) is 28.4. The molecule has 3 aromatic rings. The highest BCUT2D eigenvalue weighted by Gasteiger charge is 2.48. The number of aromatic nitrogens is 2. The first-order valence-electron chi connectivity index (χ1n) is 14.2. The van der Waals surface area contributed by atoms with Gasteiger partial charge in [0.25, 0.3) is 5.91 Å². The molecule has 3 aliphatic rings. The van der Waals surface area contributed by atoms with Crippen LogP contribution in [0.25, 0.3) is 0 Å². The number of nitrogens with zero attached hydrogens (tertiary/aromatic N) is 5. The summed E-state index contributed by atoms with van der Waals surface area (Å²) in [5.41, 5.74) is 4.68. The van der Waals surface area contributed by atoms with Gasteiger partial charge in [-0.2, -0.15) is 4.98 Å². The molecule has 0 radical (unpaired) electrons. The lowest BCUT2D eigenvalue weighted by molar-refractivity contribution is -0.114. The zero-order valence-corrected chi connectivity index (χ0v) is 23.6. The summed E-state index contributed by atoms with van der Waals surface area (Å²) in [6.07, 6.45) is 7.99. The van der Waals surface area contributed by atoms with E-state index in [2.05, 4.69) is 31.6 Å². The molecule has 2 aliphatic heterocycles. The number of hydrogen-bond donors (Lipinski definition) is 2. The number of hydrogen-bond acceptors (Lipinski definition) is 8. The molecule has 0 bridgehead atoms. The van der Waals surface area contributed by atoms with Crippen LogP contribution in [0.5, 0.6) is 0 Å². The maximum atomic E-state index is 14.8. The van der Waals surface area contributed by atoms with Crippen molar-refractivity contribution in [3.63, 3.8) is 0 Å².